The molecule has 1 aliphatic rings. The zero-order valence-electron chi connectivity index (χ0n) is 16.0. The Labute approximate surface area is 164 Å². The molecule has 1 aromatic heterocycles. The first-order valence-electron chi connectivity index (χ1n) is 9.25. The highest BCUT2D eigenvalue weighted by molar-refractivity contribution is 7.99. The van der Waals surface area contributed by atoms with Gasteiger partial charge in [-0.05, 0) is 53.7 Å². The summed E-state index contributed by atoms with van der Waals surface area (Å²) in [5.41, 5.74) is 3.42. The Morgan fingerprint density at radius 2 is 2.15 bits per heavy atom. The highest BCUT2D eigenvalue weighted by atomic mass is 32.2. The van der Waals surface area contributed by atoms with Gasteiger partial charge in [0.05, 0.1) is 11.9 Å². The van der Waals surface area contributed by atoms with Gasteiger partial charge in [0, 0.05) is 16.7 Å². The lowest BCUT2D eigenvalue weighted by atomic mass is 9.81. The van der Waals surface area contributed by atoms with Gasteiger partial charge < -0.3 is 5.11 Å². The lowest BCUT2D eigenvalue weighted by molar-refractivity contribution is -0.139. The van der Waals surface area contributed by atoms with Gasteiger partial charge in [-0.25, -0.2) is 4.98 Å². The lowest BCUT2D eigenvalue weighted by Gasteiger charge is -2.32. The molecule has 1 aliphatic heterocycles. The Balaban J connectivity index is 1.88. The minimum absolute atomic E-state index is 0.160. The lowest BCUT2D eigenvalue weighted by Crippen LogP contribution is -2.22. The van der Waals surface area contributed by atoms with Crippen molar-refractivity contribution in [1.82, 2.24) is 9.97 Å². The number of fused-ring (bicyclic) bond motifs is 1. The van der Waals surface area contributed by atoms with Crippen LogP contribution in [0.3, 0.4) is 0 Å². The quantitative estimate of drug-likeness (QED) is 0.784. The Bertz CT molecular complexity index is 912. The molecule has 0 aliphatic carbocycles. The second-order valence-electron chi connectivity index (χ2n) is 7.45. The van der Waals surface area contributed by atoms with Crippen molar-refractivity contribution in [2.24, 2.45) is 0 Å². The molecule has 5 heteroatoms. The van der Waals surface area contributed by atoms with E-state index in [-0.39, 0.29) is 5.41 Å². The normalized spacial score (nSPS) is 16.0. The van der Waals surface area contributed by atoms with Crippen molar-refractivity contribution < 1.29 is 9.90 Å². The molecule has 3 rings (SSSR count). The fourth-order valence-electron chi connectivity index (χ4n) is 3.25. The van der Waals surface area contributed by atoms with E-state index in [0.29, 0.717) is 17.8 Å². The number of rotatable bonds is 4. The van der Waals surface area contributed by atoms with Crippen molar-refractivity contribution in [1.29, 1.82) is 0 Å². The molecule has 27 heavy (non-hydrogen) atoms. The van der Waals surface area contributed by atoms with E-state index in [0.717, 1.165) is 24.2 Å². The standard InChI is InChI=1S/C22H24N2O2S/c1-4-5-17(21(25)26)19-14-23-13-16(24-19)8-6-15-7-9-20-18(12-15)22(2,3)10-11-27-20/h7,9,12-14,17H,4-5,10-11H2,1-3H3,(H,25,26). The van der Waals surface area contributed by atoms with Crippen LogP contribution in [0.5, 0.6) is 0 Å². The van der Waals surface area contributed by atoms with E-state index in [1.165, 1.54) is 16.7 Å². The summed E-state index contributed by atoms with van der Waals surface area (Å²) in [6, 6.07) is 6.35. The molecule has 0 bridgehead atoms. The third kappa shape index (κ3) is 4.51. The van der Waals surface area contributed by atoms with Gasteiger partial charge in [0.1, 0.15) is 11.6 Å². The highest BCUT2D eigenvalue weighted by Gasteiger charge is 2.27. The number of aromatic nitrogens is 2. The summed E-state index contributed by atoms with van der Waals surface area (Å²) in [6.07, 6.45) is 5.58. The van der Waals surface area contributed by atoms with Crippen LogP contribution in [0.4, 0.5) is 0 Å². The van der Waals surface area contributed by atoms with Crippen LogP contribution < -0.4 is 0 Å². The zero-order chi connectivity index (χ0) is 19.4. The number of hydrogen-bond acceptors (Lipinski definition) is 4. The fourth-order valence-corrected chi connectivity index (χ4v) is 4.73. The Morgan fingerprint density at radius 1 is 1.33 bits per heavy atom. The van der Waals surface area contributed by atoms with E-state index >= 15 is 0 Å². The molecule has 140 valence electrons. The van der Waals surface area contributed by atoms with Crippen LogP contribution in [0.25, 0.3) is 0 Å². The van der Waals surface area contributed by atoms with Gasteiger partial charge in [-0.2, -0.15) is 0 Å². The molecule has 0 saturated carbocycles. The monoisotopic (exact) mass is 380 g/mol. The van der Waals surface area contributed by atoms with Crippen molar-refractivity contribution in [3.63, 3.8) is 0 Å². The van der Waals surface area contributed by atoms with Gasteiger partial charge >= 0.3 is 5.97 Å². The van der Waals surface area contributed by atoms with Crippen LogP contribution in [-0.2, 0) is 10.2 Å². The average Bonchev–Trinajstić information content (AvgIpc) is 2.64. The number of aliphatic carboxylic acids is 1. The first-order chi connectivity index (χ1) is 12.9. The number of nitrogens with zero attached hydrogens (tertiary/aromatic N) is 2. The van der Waals surface area contributed by atoms with Gasteiger partial charge in [0.25, 0.3) is 0 Å². The fraction of sp³-hybridized carbons (Fsp3) is 0.409. The van der Waals surface area contributed by atoms with E-state index in [1.54, 1.807) is 6.20 Å². The molecule has 0 saturated heterocycles. The average molecular weight is 381 g/mol. The Kier molecular flexibility index (Phi) is 5.86. The van der Waals surface area contributed by atoms with E-state index < -0.39 is 11.9 Å². The van der Waals surface area contributed by atoms with Crippen molar-refractivity contribution in [3.05, 3.63) is 53.1 Å². The maximum absolute atomic E-state index is 11.5. The molecule has 0 fully saturated rings. The van der Waals surface area contributed by atoms with Crippen LogP contribution >= 0.6 is 11.8 Å². The van der Waals surface area contributed by atoms with Crippen LogP contribution in [0.2, 0.25) is 0 Å². The van der Waals surface area contributed by atoms with Crippen LogP contribution in [0.1, 0.15) is 68.5 Å². The number of carboxylic acid groups (broad SMARTS) is 1. The first kappa shape index (κ1) is 19.4. The summed E-state index contributed by atoms with van der Waals surface area (Å²) in [7, 11) is 0. The van der Waals surface area contributed by atoms with Crippen LogP contribution in [0, 0.1) is 11.8 Å². The van der Waals surface area contributed by atoms with Crippen molar-refractivity contribution in [2.45, 2.75) is 56.3 Å². The third-order valence-electron chi connectivity index (χ3n) is 4.91. The SMILES string of the molecule is CCCC(C(=O)O)c1cncc(C#Cc2ccc3c(c2)C(C)(C)CCS3)n1. The summed E-state index contributed by atoms with van der Waals surface area (Å²) in [5, 5.41) is 9.41. The van der Waals surface area contributed by atoms with E-state index in [4.69, 9.17) is 0 Å². The number of hydrogen-bond donors (Lipinski definition) is 1. The van der Waals surface area contributed by atoms with Gasteiger partial charge in [-0.1, -0.05) is 33.1 Å². The summed E-state index contributed by atoms with van der Waals surface area (Å²) in [4.78, 5) is 21.4. The van der Waals surface area contributed by atoms with Gasteiger partial charge in [-0.15, -0.1) is 11.8 Å². The molecular formula is C22H24N2O2S. The molecule has 0 radical (unpaired) electrons. The largest absolute Gasteiger partial charge is 0.481 e. The predicted molar refractivity (Wildman–Crippen MR) is 108 cm³/mol. The van der Waals surface area contributed by atoms with Crippen LogP contribution in [0.15, 0.2) is 35.5 Å². The zero-order valence-corrected chi connectivity index (χ0v) is 16.8. The molecular weight excluding hydrogens is 356 g/mol. The minimum Gasteiger partial charge on any atom is -0.481 e. The molecule has 1 N–H and O–H groups in total. The molecule has 1 unspecified atom stereocenters. The van der Waals surface area contributed by atoms with Crippen molar-refractivity contribution >= 4 is 17.7 Å². The molecule has 2 aromatic rings. The van der Waals surface area contributed by atoms with E-state index in [1.807, 2.05) is 24.8 Å². The van der Waals surface area contributed by atoms with Crippen molar-refractivity contribution in [2.75, 3.05) is 5.75 Å². The van der Waals surface area contributed by atoms with E-state index in [2.05, 4.69) is 47.8 Å². The summed E-state index contributed by atoms with van der Waals surface area (Å²) >= 11 is 1.90. The smallest absolute Gasteiger partial charge is 0.312 e. The molecule has 0 amide bonds. The van der Waals surface area contributed by atoms with Gasteiger partial charge in [0.15, 0.2) is 0 Å². The third-order valence-corrected chi connectivity index (χ3v) is 5.99. The van der Waals surface area contributed by atoms with Crippen molar-refractivity contribution in [3.8, 4) is 11.8 Å². The Hall–Kier alpha value is -2.32. The second-order valence-corrected chi connectivity index (χ2v) is 8.59. The summed E-state index contributed by atoms with van der Waals surface area (Å²) in [6.45, 7) is 6.51. The summed E-state index contributed by atoms with van der Waals surface area (Å²) < 4.78 is 0. The number of thioether (sulfide) groups is 1. The van der Waals surface area contributed by atoms with Crippen LogP contribution in [-0.4, -0.2) is 26.8 Å². The maximum atomic E-state index is 11.5. The number of carbonyl (C=O) groups is 1. The molecule has 1 atom stereocenters. The first-order valence-corrected chi connectivity index (χ1v) is 10.2. The maximum Gasteiger partial charge on any atom is 0.312 e. The minimum atomic E-state index is -0.870. The molecule has 1 aromatic carbocycles. The molecule has 4 nitrogen and oxygen atoms in total. The number of benzene rings is 1. The predicted octanol–water partition coefficient (Wildman–Crippen LogP) is 4.62. The topological polar surface area (TPSA) is 63.1 Å². The highest BCUT2D eigenvalue weighted by Crippen LogP contribution is 2.41. The van der Waals surface area contributed by atoms with Gasteiger partial charge in [0.2, 0.25) is 0 Å². The second kappa shape index (κ2) is 8.14. The summed E-state index contributed by atoms with van der Waals surface area (Å²) in [5.74, 6) is 5.86. The Morgan fingerprint density at radius 3 is 2.89 bits per heavy atom. The van der Waals surface area contributed by atoms with Gasteiger partial charge in [-0.3, -0.25) is 9.78 Å². The van der Waals surface area contributed by atoms with E-state index in [9.17, 15) is 9.90 Å². The molecule has 0 spiro atoms. The number of carboxylic acids is 1. The molecule has 2 heterocycles.